The molecule has 136 valence electrons. The molecule has 0 atom stereocenters. The molecule has 2 rings (SSSR count). The molecule has 2 aromatic carbocycles. The van der Waals surface area contributed by atoms with Gasteiger partial charge in [0.25, 0.3) is 0 Å². The van der Waals surface area contributed by atoms with Gasteiger partial charge in [-0.2, -0.15) is 0 Å². The van der Waals surface area contributed by atoms with Crippen LogP contribution in [0.5, 0.6) is 5.75 Å². The summed E-state index contributed by atoms with van der Waals surface area (Å²) in [5, 5.41) is 5.53. The Bertz CT molecular complexity index is 770. The van der Waals surface area contributed by atoms with Gasteiger partial charge in [0.05, 0.1) is 13.5 Å². The van der Waals surface area contributed by atoms with Gasteiger partial charge in [-0.15, -0.1) is 0 Å². The smallest absolute Gasteiger partial charge is 0.244 e. The van der Waals surface area contributed by atoms with Gasteiger partial charge in [0, 0.05) is 24.7 Å². The van der Waals surface area contributed by atoms with Gasteiger partial charge in [-0.3, -0.25) is 9.59 Å². The maximum absolute atomic E-state index is 11.9. The second-order valence-corrected chi connectivity index (χ2v) is 5.88. The highest BCUT2D eigenvalue weighted by atomic mass is 16.5. The third-order valence-electron chi connectivity index (χ3n) is 3.75. The lowest BCUT2D eigenvalue weighted by Gasteiger charge is -2.07. The number of carbonyl (C=O) groups is 2. The molecule has 0 spiro atoms. The quantitative estimate of drug-likeness (QED) is 0.567. The van der Waals surface area contributed by atoms with Crippen LogP contribution >= 0.6 is 0 Å². The number of rotatable bonds is 8. The lowest BCUT2D eigenvalue weighted by atomic mass is 10.1. The van der Waals surface area contributed by atoms with Crippen molar-refractivity contribution in [3.63, 3.8) is 0 Å². The Morgan fingerprint density at radius 2 is 1.77 bits per heavy atom. The van der Waals surface area contributed by atoms with Crippen LogP contribution in [0.4, 0.5) is 0 Å². The lowest BCUT2D eigenvalue weighted by Crippen LogP contribution is -2.34. The molecule has 0 saturated carbocycles. The third-order valence-corrected chi connectivity index (χ3v) is 3.75. The topological polar surface area (TPSA) is 67.4 Å². The standard InChI is InChI=1S/C21H24N2O3/c1-16-8-10-19(26-2)18(14-16)9-11-20(24)22-12-13-23-21(25)15-17-6-4-3-5-7-17/h3-11,14H,12-13,15H2,1-2H3,(H,22,24)(H,23,25)/b11-9+. The van der Waals surface area contributed by atoms with E-state index in [2.05, 4.69) is 10.6 Å². The first-order chi connectivity index (χ1) is 12.6. The minimum Gasteiger partial charge on any atom is -0.496 e. The van der Waals surface area contributed by atoms with Crippen molar-refractivity contribution in [2.45, 2.75) is 13.3 Å². The Hall–Kier alpha value is -3.08. The molecule has 0 radical (unpaired) electrons. The van der Waals surface area contributed by atoms with Gasteiger partial charge in [0.15, 0.2) is 0 Å². The molecule has 0 aliphatic carbocycles. The molecule has 0 aliphatic heterocycles. The van der Waals surface area contributed by atoms with Crippen LogP contribution in [0, 0.1) is 6.92 Å². The largest absolute Gasteiger partial charge is 0.496 e. The predicted octanol–water partition coefficient (Wildman–Crippen LogP) is 2.49. The molecule has 26 heavy (non-hydrogen) atoms. The highest BCUT2D eigenvalue weighted by molar-refractivity contribution is 5.92. The number of hydrogen-bond donors (Lipinski definition) is 2. The van der Waals surface area contributed by atoms with Crippen LogP contribution in [0.2, 0.25) is 0 Å². The molecule has 0 saturated heterocycles. The fourth-order valence-corrected chi connectivity index (χ4v) is 2.44. The molecule has 2 aromatic rings. The van der Waals surface area contributed by atoms with Crippen LogP contribution < -0.4 is 15.4 Å². The van der Waals surface area contributed by atoms with Crippen LogP contribution in [-0.4, -0.2) is 32.0 Å². The lowest BCUT2D eigenvalue weighted by molar-refractivity contribution is -0.121. The van der Waals surface area contributed by atoms with Crippen molar-refractivity contribution in [1.29, 1.82) is 0 Å². The van der Waals surface area contributed by atoms with Gasteiger partial charge >= 0.3 is 0 Å². The van der Waals surface area contributed by atoms with E-state index in [1.165, 1.54) is 6.08 Å². The summed E-state index contributed by atoms with van der Waals surface area (Å²) in [7, 11) is 1.60. The molecule has 2 N–H and O–H groups in total. The number of hydrogen-bond acceptors (Lipinski definition) is 3. The van der Waals surface area contributed by atoms with Crippen molar-refractivity contribution < 1.29 is 14.3 Å². The normalized spacial score (nSPS) is 10.5. The van der Waals surface area contributed by atoms with E-state index in [9.17, 15) is 9.59 Å². The number of benzene rings is 2. The number of nitrogens with one attached hydrogen (secondary N) is 2. The molecule has 0 aliphatic rings. The van der Waals surface area contributed by atoms with Crippen molar-refractivity contribution >= 4 is 17.9 Å². The minimum atomic E-state index is -0.217. The van der Waals surface area contributed by atoms with Gasteiger partial charge in [-0.05, 0) is 30.7 Å². The van der Waals surface area contributed by atoms with E-state index in [4.69, 9.17) is 4.74 Å². The number of aryl methyl sites for hydroxylation is 1. The van der Waals surface area contributed by atoms with Gasteiger partial charge < -0.3 is 15.4 Å². The van der Waals surface area contributed by atoms with Crippen molar-refractivity contribution in [3.8, 4) is 5.75 Å². The van der Waals surface area contributed by atoms with E-state index >= 15 is 0 Å². The van der Waals surface area contributed by atoms with Crippen LogP contribution in [0.25, 0.3) is 6.08 Å². The monoisotopic (exact) mass is 352 g/mol. The van der Waals surface area contributed by atoms with Crippen LogP contribution in [0.1, 0.15) is 16.7 Å². The Morgan fingerprint density at radius 1 is 1.04 bits per heavy atom. The summed E-state index contributed by atoms with van der Waals surface area (Å²) < 4.78 is 5.28. The maximum atomic E-state index is 11.9. The summed E-state index contributed by atoms with van der Waals surface area (Å²) >= 11 is 0. The second-order valence-electron chi connectivity index (χ2n) is 5.88. The number of methoxy groups -OCH3 is 1. The van der Waals surface area contributed by atoms with Gasteiger partial charge in [-0.1, -0.05) is 42.0 Å². The summed E-state index contributed by atoms with van der Waals surface area (Å²) in [6, 6.07) is 15.3. The molecule has 2 amide bonds. The molecule has 0 heterocycles. The maximum Gasteiger partial charge on any atom is 0.244 e. The van der Waals surface area contributed by atoms with Crippen LogP contribution in [0.15, 0.2) is 54.6 Å². The Labute approximate surface area is 154 Å². The number of amides is 2. The summed E-state index contributed by atoms with van der Waals surface area (Å²) in [6.07, 6.45) is 3.51. The summed E-state index contributed by atoms with van der Waals surface area (Å²) in [5.41, 5.74) is 2.90. The van der Waals surface area contributed by atoms with E-state index < -0.39 is 0 Å². The molecule has 5 nitrogen and oxygen atoms in total. The third kappa shape index (κ3) is 6.43. The van der Waals surface area contributed by atoms with Gasteiger partial charge in [0.2, 0.25) is 11.8 Å². The van der Waals surface area contributed by atoms with Crippen LogP contribution in [-0.2, 0) is 16.0 Å². The first kappa shape index (κ1) is 19.2. The molecule has 5 heteroatoms. The molecule has 0 bridgehead atoms. The molecule has 0 aromatic heterocycles. The number of ether oxygens (including phenoxy) is 1. The molecule has 0 fully saturated rings. The van der Waals surface area contributed by atoms with Crippen molar-refractivity contribution in [2.75, 3.05) is 20.2 Å². The predicted molar refractivity (Wildman–Crippen MR) is 103 cm³/mol. The van der Waals surface area contributed by atoms with Crippen LogP contribution in [0.3, 0.4) is 0 Å². The Morgan fingerprint density at radius 3 is 2.50 bits per heavy atom. The summed E-state index contributed by atoms with van der Waals surface area (Å²) in [6.45, 7) is 2.74. The average Bonchev–Trinajstić information content (AvgIpc) is 2.64. The van der Waals surface area contributed by atoms with E-state index in [1.807, 2.05) is 55.5 Å². The highest BCUT2D eigenvalue weighted by Gasteiger charge is 2.03. The van der Waals surface area contributed by atoms with E-state index in [-0.39, 0.29) is 11.8 Å². The average molecular weight is 352 g/mol. The fourth-order valence-electron chi connectivity index (χ4n) is 2.44. The number of carbonyl (C=O) groups excluding carboxylic acids is 2. The zero-order chi connectivity index (χ0) is 18.8. The minimum absolute atomic E-state index is 0.0644. The Kier molecular flexibility index (Phi) is 7.43. The fraction of sp³-hybridized carbons (Fsp3) is 0.238. The van der Waals surface area contributed by atoms with Crippen molar-refractivity contribution in [3.05, 3.63) is 71.3 Å². The SMILES string of the molecule is COc1ccc(C)cc1/C=C/C(=O)NCCNC(=O)Cc1ccccc1. The van der Waals surface area contributed by atoms with E-state index in [0.29, 0.717) is 25.3 Å². The van der Waals surface area contributed by atoms with E-state index in [0.717, 1.165) is 16.7 Å². The first-order valence-electron chi connectivity index (χ1n) is 8.49. The second kappa shape index (κ2) is 10.0. The van der Waals surface area contributed by atoms with Crippen molar-refractivity contribution in [2.24, 2.45) is 0 Å². The van der Waals surface area contributed by atoms with E-state index in [1.54, 1.807) is 13.2 Å². The first-order valence-corrected chi connectivity index (χ1v) is 8.49. The van der Waals surface area contributed by atoms with Gasteiger partial charge in [0.1, 0.15) is 5.75 Å². The summed E-state index contributed by atoms with van der Waals surface area (Å²) in [5.74, 6) is 0.434. The van der Waals surface area contributed by atoms with Crippen molar-refractivity contribution in [1.82, 2.24) is 10.6 Å². The molecule has 0 unspecified atom stereocenters. The molecular weight excluding hydrogens is 328 g/mol. The molecular formula is C21H24N2O3. The highest BCUT2D eigenvalue weighted by Crippen LogP contribution is 2.20. The summed E-state index contributed by atoms with van der Waals surface area (Å²) in [4.78, 5) is 23.7. The Balaban J connectivity index is 1.72. The zero-order valence-corrected chi connectivity index (χ0v) is 15.1. The van der Waals surface area contributed by atoms with Gasteiger partial charge in [-0.25, -0.2) is 0 Å². The zero-order valence-electron chi connectivity index (χ0n) is 15.1.